The van der Waals surface area contributed by atoms with Gasteiger partial charge in [0.2, 0.25) is 5.91 Å². The van der Waals surface area contributed by atoms with E-state index in [1.54, 1.807) is 25.3 Å². The highest BCUT2D eigenvalue weighted by molar-refractivity contribution is 8.00. The van der Waals surface area contributed by atoms with Gasteiger partial charge in [-0.3, -0.25) is 4.79 Å². The molecule has 140 valence electrons. The fraction of sp³-hybridized carbons (Fsp3) is 0.211. The molecule has 1 amide bonds. The van der Waals surface area contributed by atoms with Crippen LogP contribution in [0.25, 0.3) is 11.4 Å². The Morgan fingerprint density at radius 2 is 1.96 bits per heavy atom. The van der Waals surface area contributed by atoms with Crippen molar-refractivity contribution >= 4 is 35.0 Å². The van der Waals surface area contributed by atoms with Gasteiger partial charge in [-0.25, -0.2) is 0 Å². The summed E-state index contributed by atoms with van der Waals surface area (Å²) in [6, 6.07) is 14.9. The third kappa shape index (κ3) is 4.43. The molecule has 2 aromatic carbocycles. The summed E-state index contributed by atoms with van der Waals surface area (Å²) in [7, 11) is 3.43. The molecule has 1 atom stereocenters. The topological polar surface area (TPSA) is 69.0 Å². The first-order valence-electron chi connectivity index (χ1n) is 8.25. The summed E-state index contributed by atoms with van der Waals surface area (Å²) in [5, 5.41) is 12.1. The number of aromatic nitrogens is 3. The molecule has 0 aliphatic rings. The smallest absolute Gasteiger partial charge is 0.237 e. The summed E-state index contributed by atoms with van der Waals surface area (Å²) in [5.41, 5.74) is 1.51. The number of hydrogen-bond donors (Lipinski definition) is 1. The van der Waals surface area contributed by atoms with E-state index in [9.17, 15) is 4.79 Å². The standard InChI is InChI=1S/C19H19ClN4O2S/c1-12(18(25)21-15-11-14(20)9-10-16(15)26-3)27-19-23-22-17(24(19)2)13-7-5-4-6-8-13/h4-12H,1-3H3,(H,21,25). The number of carbonyl (C=O) groups is 1. The summed E-state index contributed by atoms with van der Waals surface area (Å²) < 4.78 is 7.14. The molecule has 0 aliphatic heterocycles. The lowest BCUT2D eigenvalue weighted by Gasteiger charge is -2.14. The summed E-state index contributed by atoms with van der Waals surface area (Å²) in [6.45, 7) is 1.81. The van der Waals surface area contributed by atoms with Crippen LogP contribution in [0.2, 0.25) is 5.02 Å². The van der Waals surface area contributed by atoms with Gasteiger partial charge in [0.25, 0.3) is 0 Å². The third-order valence-electron chi connectivity index (χ3n) is 3.94. The molecule has 27 heavy (non-hydrogen) atoms. The minimum atomic E-state index is -0.389. The summed E-state index contributed by atoms with van der Waals surface area (Å²) >= 11 is 7.35. The van der Waals surface area contributed by atoms with Crippen molar-refractivity contribution in [2.75, 3.05) is 12.4 Å². The number of halogens is 1. The number of anilines is 1. The van der Waals surface area contributed by atoms with Crippen molar-refractivity contribution in [2.24, 2.45) is 7.05 Å². The predicted molar refractivity (Wildman–Crippen MR) is 108 cm³/mol. The number of hydrogen-bond acceptors (Lipinski definition) is 5. The lowest BCUT2D eigenvalue weighted by molar-refractivity contribution is -0.115. The van der Waals surface area contributed by atoms with E-state index < -0.39 is 0 Å². The van der Waals surface area contributed by atoms with Crippen LogP contribution in [0.5, 0.6) is 5.75 Å². The average molecular weight is 403 g/mol. The van der Waals surface area contributed by atoms with Gasteiger partial charge in [-0.05, 0) is 25.1 Å². The van der Waals surface area contributed by atoms with Crippen molar-refractivity contribution in [3.63, 3.8) is 0 Å². The van der Waals surface area contributed by atoms with Crippen LogP contribution >= 0.6 is 23.4 Å². The fourth-order valence-electron chi connectivity index (χ4n) is 2.48. The molecule has 0 aliphatic carbocycles. The van der Waals surface area contributed by atoms with Gasteiger partial charge in [0, 0.05) is 17.6 Å². The Kier molecular flexibility index (Phi) is 6.03. The lowest BCUT2D eigenvalue weighted by Crippen LogP contribution is -2.23. The Morgan fingerprint density at radius 1 is 1.22 bits per heavy atom. The maximum atomic E-state index is 12.6. The molecule has 1 aromatic heterocycles. The number of nitrogens with zero attached hydrogens (tertiary/aromatic N) is 3. The Morgan fingerprint density at radius 3 is 2.67 bits per heavy atom. The Labute approximate surface area is 166 Å². The van der Waals surface area contributed by atoms with E-state index in [2.05, 4.69) is 15.5 Å². The van der Waals surface area contributed by atoms with Crippen LogP contribution < -0.4 is 10.1 Å². The molecule has 8 heteroatoms. The first-order valence-corrected chi connectivity index (χ1v) is 9.51. The molecular weight excluding hydrogens is 384 g/mol. The van der Waals surface area contributed by atoms with Gasteiger partial charge in [0.05, 0.1) is 18.0 Å². The van der Waals surface area contributed by atoms with Crippen LogP contribution in [-0.2, 0) is 11.8 Å². The average Bonchev–Trinajstić information content (AvgIpc) is 3.03. The van der Waals surface area contributed by atoms with Gasteiger partial charge in [-0.1, -0.05) is 53.7 Å². The van der Waals surface area contributed by atoms with Gasteiger partial charge in [-0.15, -0.1) is 10.2 Å². The number of nitrogens with one attached hydrogen (secondary N) is 1. The number of rotatable bonds is 6. The van der Waals surface area contributed by atoms with E-state index in [0.717, 1.165) is 11.4 Å². The van der Waals surface area contributed by atoms with Gasteiger partial charge in [0.1, 0.15) is 5.75 Å². The summed E-state index contributed by atoms with van der Waals surface area (Å²) in [5.74, 6) is 1.13. The molecular formula is C19H19ClN4O2S. The maximum absolute atomic E-state index is 12.6. The predicted octanol–water partition coefficient (Wildman–Crippen LogP) is 4.26. The quantitative estimate of drug-likeness (QED) is 0.624. The summed E-state index contributed by atoms with van der Waals surface area (Å²) in [4.78, 5) is 12.6. The van der Waals surface area contributed by atoms with E-state index in [1.807, 2.05) is 48.9 Å². The molecule has 6 nitrogen and oxygen atoms in total. The minimum Gasteiger partial charge on any atom is -0.495 e. The van der Waals surface area contributed by atoms with E-state index in [-0.39, 0.29) is 11.2 Å². The largest absolute Gasteiger partial charge is 0.495 e. The maximum Gasteiger partial charge on any atom is 0.237 e. The first-order chi connectivity index (χ1) is 13.0. The van der Waals surface area contributed by atoms with Gasteiger partial charge in [-0.2, -0.15) is 0 Å². The zero-order valence-corrected chi connectivity index (χ0v) is 16.7. The van der Waals surface area contributed by atoms with Crippen LogP contribution in [0.4, 0.5) is 5.69 Å². The monoisotopic (exact) mass is 402 g/mol. The zero-order chi connectivity index (χ0) is 19.4. The number of methoxy groups -OCH3 is 1. The molecule has 0 saturated heterocycles. The van der Waals surface area contributed by atoms with Crippen molar-refractivity contribution in [3.8, 4) is 17.1 Å². The van der Waals surface area contributed by atoms with Crippen molar-refractivity contribution in [1.29, 1.82) is 0 Å². The number of carbonyl (C=O) groups excluding carboxylic acids is 1. The molecule has 3 rings (SSSR count). The van der Waals surface area contributed by atoms with Crippen molar-refractivity contribution < 1.29 is 9.53 Å². The van der Waals surface area contributed by atoms with Gasteiger partial charge in [0.15, 0.2) is 11.0 Å². The first kappa shape index (κ1) is 19.3. The highest BCUT2D eigenvalue weighted by atomic mass is 35.5. The molecule has 0 radical (unpaired) electrons. The van der Waals surface area contributed by atoms with Crippen molar-refractivity contribution in [1.82, 2.24) is 14.8 Å². The van der Waals surface area contributed by atoms with E-state index in [4.69, 9.17) is 16.3 Å². The second-order valence-electron chi connectivity index (χ2n) is 5.83. The molecule has 1 unspecified atom stereocenters. The normalized spacial score (nSPS) is 11.9. The molecule has 0 spiro atoms. The number of benzene rings is 2. The number of amides is 1. The molecule has 1 heterocycles. The van der Waals surface area contributed by atoms with Gasteiger partial charge >= 0.3 is 0 Å². The van der Waals surface area contributed by atoms with Crippen molar-refractivity contribution in [2.45, 2.75) is 17.3 Å². The van der Waals surface area contributed by atoms with Crippen LogP contribution in [0, 0.1) is 0 Å². The number of thioether (sulfide) groups is 1. The lowest BCUT2D eigenvalue weighted by atomic mass is 10.2. The third-order valence-corrected chi connectivity index (χ3v) is 5.31. The van der Waals surface area contributed by atoms with Crippen LogP contribution in [0.15, 0.2) is 53.7 Å². The molecule has 0 saturated carbocycles. The Hall–Kier alpha value is -2.51. The Balaban J connectivity index is 1.72. The van der Waals surface area contributed by atoms with Crippen molar-refractivity contribution in [3.05, 3.63) is 53.6 Å². The second-order valence-corrected chi connectivity index (χ2v) is 7.57. The minimum absolute atomic E-state index is 0.176. The van der Waals surface area contributed by atoms with E-state index >= 15 is 0 Å². The van der Waals surface area contributed by atoms with Crippen LogP contribution in [0.3, 0.4) is 0 Å². The highest BCUT2D eigenvalue weighted by Gasteiger charge is 2.20. The van der Waals surface area contributed by atoms with E-state index in [0.29, 0.717) is 21.6 Å². The summed E-state index contributed by atoms with van der Waals surface area (Å²) in [6.07, 6.45) is 0. The van der Waals surface area contributed by atoms with Gasteiger partial charge < -0.3 is 14.6 Å². The number of ether oxygens (including phenoxy) is 1. The second kappa shape index (κ2) is 8.45. The van der Waals surface area contributed by atoms with Crippen LogP contribution in [0.1, 0.15) is 6.92 Å². The fourth-order valence-corrected chi connectivity index (χ4v) is 3.47. The zero-order valence-electron chi connectivity index (χ0n) is 15.1. The molecule has 3 aromatic rings. The van der Waals surface area contributed by atoms with E-state index in [1.165, 1.54) is 11.8 Å². The molecule has 1 N–H and O–H groups in total. The van der Waals surface area contributed by atoms with Crippen LogP contribution in [-0.4, -0.2) is 33.0 Å². The SMILES string of the molecule is COc1ccc(Cl)cc1NC(=O)C(C)Sc1nnc(-c2ccccc2)n1C. The highest BCUT2D eigenvalue weighted by Crippen LogP contribution is 2.30. The Bertz CT molecular complexity index is 946. The molecule has 0 bridgehead atoms. The molecule has 0 fully saturated rings.